The summed E-state index contributed by atoms with van der Waals surface area (Å²) in [6, 6.07) is 19.9. The number of pyridine rings is 1. The third-order valence-electron chi connectivity index (χ3n) is 4.64. The van der Waals surface area contributed by atoms with Crippen molar-refractivity contribution in [2.75, 3.05) is 5.32 Å². The molecule has 7 heteroatoms. The number of nitrogens with one attached hydrogen (secondary N) is 2. The van der Waals surface area contributed by atoms with Gasteiger partial charge in [-0.1, -0.05) is 29.8 Å². The summed E-state index contributed by atoms with van der Waals surface area (Å²) in [6.45, 7) is 1.94. The Hall–Kier alpha value is -3.71. The Balaban J connectivity index is 1.56. The molecule has 138 valence electrons. The Morgan fingerprint density at radius 3 is 2.71 bits per heavy atom. The lowest BCUT2D eigenvalue weighted by molar-refractivity contribution is 0.273. The Morgan fingerprint density at radius 1 is 1.04 bits per heavy atom. The largest absolute Gasteiger partial charge is 0.388 e. The smallest absolute Gasteiger partial charge is 0.247 e. The van der Waals surface area contributed by atoms with Gasteiger partial charge in [0.1, 0.15) is 12.4 Å². The fourth-order valence-electron chi connectivity index (χ4n) is 3.24. The molecule has 0 fully saturated rings. The van der Waals surface area contributed by atoms with E-state index >= 15 is 0 Å². The molecule has 0 saturated heterocycles. The van der Waals surface area contributed by atoms with Gasteiger partial charge in [0.15, 0.2) is 5.65 Å². The van der Waals surface area contributed by atoms with Gasteiger partial charge in [-0.15, -0.1) is 5.10 Å². The molecule has 7 nitrogen and oxygen atoms in total. The predicted octanol–water partition coefficient (Wildman–Crippen LogP) is 3.82. The van der Waals surface area contributed by atoms with E-state index in [1.165, 1.54) is 5.56 Å². The molecule has 2 aromatic carbocycles. The lowest BCUT2D eigenvalue weighted by Gasteiger charge is -2.04. The summed E-state index contributed by atoms with van der Waals surface area (Å²) in [5.74, 6) is 1.09. The summed E-state index contributed by atoms with van der Waals surface area (Å²) >= 11 is 0. The molecule has 3 N–H and O–H groups in total. The van der Waals surface area contributed by atoms with E-state index < -0.39 is 0 Å². The number of nitrogens with zero attached hydrogens (tertiary/aromatic N) is 4. The molecule has 0 saturated carbocycles. The van der Waals surface area contributed by atoms with E-state index in [1.54, 1.807) is 0 Å². The lowest BCUT2D eigenvalue weighted by atomic mass is 10.1. The maximum absolute atomic E-state index is 9.28. The number of aromatic amines is 1. The summed E-state index contributed by atoms with van der Waals surface area (Å²) in [5.41, 5.74) is 6.50. The average molecular weight is 370 g/mol. The van der Waals surface area contributed by atoms with E-state index in [2.05, 4.69) is 32.3 Å². The van der Waals surface area contributed by atoms with Crippen LogP contribution in [-0.2, 0) is 6.61 Å². The summed E-state index contributed by atoms with van der Waals surface area (Å²) in [6.07, 6.45) is 0. The van der Waals surface area contributed by atoms with Gasteiger partial charge >= 0.3 is 0 Å². The number of hydrogen-bond acceptors (Lipinski definition) is 5. The molecule has 0 atom stereocenters. The molecule has 0 radical (unpaired) electrons. The molecular formula is C21H18N6O. The van der Waals surface area contributed by atoms with Crippen LogP contribution in [0.2, 0.25) is 0 Å². The Morgan fingerprint density at radius 2 is 1.89 bits per heavy atom. The maximum atomic E-state index is 9.28. The monoisotopic (exact) mass is 370 g/mol. The normalized spacial score (nSPS) is 11.4. The lowest BCUT2D eigenvalue weighted by Crippen LogP contribution is -1.95. The number of aryl methyl sites for hydroxylation is 1. The molecular weight excluding hydrogens is 352 g/mol. The van der Waals surface area contributed by atoms with Crippen molar-refractivity contribution in [3.05, 3.63) is 72.1 Å². The first kappa shape index (κ1) is 16.5. The number of benzene rings is 2. The van der Waals surface area contributed by atoms with Crippen molar-refractivity contribution in [3.63, 3.8) is 0 Å². The minimum Gasteiger partial charge on any atom is -0.388 e. The highest BCUT2D eigenvalue weighted by atomic mass is 16.3. The molecule has 3 aromatic heterocycles. The van der Waals surface area contributed by atoms with Gasteiger partial charge in [-0.05, 0) is 43.3 Å². The second-order valence-electron chi connectivity index (χ2n) is 6.68. The van der Waals surface area contributed by atoms with E-state index in [0.29, 0.717) is 11.8 Å². The van der Waals surface area contributed by atoms with Crippen molar-refractivity contribution in [1.29, 1.82) is 0 Å². The van der Waals surface area contributed by atoms with Gasteiger partial charge in [0.25, 0.3) is 0 Å². The second-order valence-corrected chi connectivity index (χ2v) is 6.68. The first-order chi connectivity index (χ1) is 13.7. The Labute approximate surface area is 160 Å². The van der Waals surface area contributed by atoms with Gasteiger partial charge < -0.3 is 15.4 Å². The molecule has 0 unspecified atom stereocenters. The molecule has 0 aliphatic rings. The fraction of sp³-hybridized carbons (Fsp3) is 0.0952. The molecule has 5 rings (SSSR count). The van der Waals surface area contributed by atoms with Crippen LogP contribution in [-0.4, -0.2) is 29.7 Å². The van der Waals surface area contributed by atoms with Crippen LogP contribution in [0.1, 0.15) is 11.4 Å². The van der Waals surface area contributed by atoms with Crippen molar-refractivity contribution < 1.29 is 5.11 Å². The molecule has 28 heavy (non-hydrogen) atoms. The highest BCUT2D eigenvalue weighted by Gasteiger charge is 2.11. The van der Waals surface area contributed by atoms with Gasteiger partial charge in [-0.3, -0.25) is 0 Å². The molecule has 5 aromatic rings. The number of imidazole rings is 1. The molecule has 0 aliphatic carbocycles. The first-order valence-electron chi connectivity index (χ1n) is 8.99. The van der Waals surface area contributed by atoms with Crippen molar-refractivity contribution in [3.8, 4) is 11.3 Å². The van der Waals surface area contributed by atoms with Gasteiger partial charge in [0.05, 0.1) is 16.7 Å². The second kappa shape index (κ2) is 6.47. The molecule has 0 spiro atoms. The van der Waals surface area contributed by atoms with E-state index in [1.807, 2.05) is 65.2 Å². The third-order valence-corrected chi connectivity index (χ3v) is 4.64. The van der Waals surface area contributed by atoms with Gasteiger partial charge in [0, 0.05) is 11.3 Å². The van der Waals surface area contributed by atoms with Gasteiger partial charge in [0.2, 0.25) is 5.95 Å². The van der Waals surface area contributed by atoms with Crippen LogP contribution in [0.3, 0.4) is 0 Å². The Bertz CT molecular complexity index is 1290. The van der Waals surface area contributed by atoms with Crippen LogP contribution >= 0.6 is 0 Å². The highest BCUT2D eigenvalue weighted by Crippen LogP contribution is 2.25. The zero-order chi connectivity index (χ0) is 19.1. The van der Waals surface area contributed by atoms with Crippen LogP contribution in [0.15, 0.2) is 60.7 Å². The van der Waals surface area contributed by atoms with Crippen LogP contribution < -0.4 is 5.32 Å². The average Bonchev–Trinajstić information content (AvgIpc) is 3.31. The minimum absolute atomic E-state index is 0.114. The SMILES string of the molecule is Cc1ccc(Nc2nc3cccc(-c4ccc5nc(CO)[nH]c5c4)n3n2)cc1. The van der Waals surface area contributed by atoms with Crippen molar-refractivity contribution in [2.24, 2.45) is 0 Å². The minimum atomic E-state index is -0.114. The Kier molecular flexibility index (Phi) is 3.80. The van der Waals surface area contributed by atoms with Crippen molar-refractivity contribution in [2.45, 2.75) is 13.5 Å². The zero-order valence-electron chi connectivity index (χ0n) is 15.2. The van der Waals surface area contributed by atoms with Crippen LogP contribution in [0.25, 0.3) is 27.9 Å². The zero-order valence-corrected chi connectivity index (χ0v) is 15.2. The summed E-state index contributed by atoms with van der Waals surface area (Å²) in [5, 5.41) is 17.2. The predicted molar refractivity (Wildman–Crippen MR) is 108 cm³/mol. The summed E-state index contributed by atoms with van der Waals surface area (Å²) in [7, 11) is 0. The number of aromatic nitrogens is 5. The summed E-state index contributed by atoms with van der Waals surface area (Å²) < 4.78 is 1.82. The van der Waals surface area contributed by atoms with E-state index in [-0.39, 0.29) is 6.61 Å². The van der Waals surface area contributed by atoms with Gasteiger partial charge in [-0.25, -0.2) is 9.50 Å². The number of aliphatic hydroxyl groups excluding tert-OH is 1. The number of H-pyrrole nitrogens is 1. The number of hydrogen-bond donors (Lipinski definition) is 3. The standard InChI is InChI=1S/C21H18N6O/c1-13-5-8-15(9-6-13)22-21-25-20-4-2-3-18(27(20)26-21)14-7-10-16-17(11-14)24-19(12-28)23-16/h2-11,28H,12H2,1H3,(H,22,26)(H,23,24). The molecule has 3 heterocycles. The maximum Gasteiger partial charge on any atom is 0.247 e. The number of aliphatic hydroxyl groups is 1. The first-order valence-corrected chi connectivity index (χ1v) is 8.99. The fourth-order valence-corrected chi connectivity index (χ4v) is 3.24. The van der Waals surface area contributed by atoms with E-state index in [9.17, 15) is 5.11 Å². The van der Waals surface area contributed by atoms with E-state index in [4.69, 9.17) is 0 Å². The molecule has 0 amide bonds. The molecule has 0 aliphatic heterocycles. The van der Waals surface area contributed by atoms with Crippen LogP contribution in [0.5, 0.6) is 0 Å². The summed E-state index contributed by atoms with van der Waals surface area (Å²) in [4.78, 5) is 12.0. The van der Waals surface area contributed by atoms with Crippen LogP contribution in [0.4, 0.5) is 11.6 Å². The molecule has 0 bridgehead atoms. The number of fused-ring (bicyclic) bond motifs is 2. The topological polar surface area (TPSA) is 91.1 Å². The van der Waals surface area contributed by atoms with Crippen molar-refractivity contribution in [1.82, 2.24) is 24.6 Å². The number of rotatable bonds is 4. The van der Waals surface area contributed by atoms with E-state index in [0.717, 1.165) is 33.6 Å². The quantitative estimate of drug-likeness (QED) is 0.447. The van der Waals surface area contributed by atoms with Crippen molar-refractivity contribution >= 4 is 28.3 Å². The highest BCUT2D eigenvalue weighted by molar-refractivity contribution is 5.81. The third kappa shape index (κ3) is 2.87. The van der Waals surface area contributed by atoms with Gasteiger partial charge in [-0.2, -0.15) is 4.98 Å². The van der Waals surface area contributed by atoms with Crippen LogP contribution in [0, 0.1) is 6.92 Å². The number of anilines is 2.